The molecule has 1 aromatic rings. The predicted molar refractivity (Wildman–Crippen MR) is 36.9 cm³/mol. The van der Waals surface area contributed by atoms with Crippen molar-refractivity contribution in [2.24, 2.45) is 0 Å². The average molecular weight is 176 g/mol. The van der Waals surface area contributed by atoms with Gasteiger partial charge in [-0.15, -0.1) is 0 Å². The molecule has 0 amide bonds. The number of hydrogen-bond donors (Lipinski definition) is 0. The standard InChI is InChI=1S/C7H4F3P/c8-5-2-1-4(3-11)6(9)7(5)10/h1-2H,3H2. The normalized spacial score (nSPS) is 10.2. The van der Waals surface area contributed by atoms with Crippen LogP contribution in [0.3, 0.4) is 0 Å². The molecule has 0 saturated heterocycles. The van der Waals surface area contributed by atoms with E-state index >= 15 is 0 Å². The molecule has 0 bridgehead atoms. The van der Waals surface area contributed by atoms with Crippen LogP contribution in [0.25, 0.3) is 0 Å². The van der Waals surface area contributed by atoms with Crippen molar-refractivity contribution in [2.75, 3.05) is 0 Å². The van der Waals surface area contributed by atoms with E-state index in [1.54, 1.807) is 0 Å². The number of hydrogen-bond acceptors (Lipinski definition) is 0. The van der Waals surface area contributed by atoms with Gasteiger partial charge in [0.2, 0.25) is 0 Å². The first-order valence-electron chi connectivity index (χ1n) is 2.90. The lowest BCUT2D eigenvalue weighted by Crippen LogP contribution is -1.94. The summed E-state index contributed by atoms with van der Waals surface area (Å²) in [6.07, 6.45) is 0.0586. The maximum absolute atomic E-state index is 12.6. The summed E-state index contributed by atoms with van der Waals surface area (Å²) in [4.78, 5) is 0. The zero-order valence-corrected chi connectivity index (χ0v) is 6.34. The average Bonchev–Trinajstić information content (AvgIpc) is 2.01. The molecule has 1 rings (SSSR count). The topological polar surface area (TPSA) is 0 Å². The maximum Gasteiger partial charge on any atom is 0.194 e. The van der Waals surface area contributed by atoms with Gasteiger partial charge in [0.05, 0.1) is 0 Å². The van der Waals surface area contributed by atoms with Crippen LogP contribution in [0.1, 0.15) is 5.56 Å². The summed E-state index contributed by atoms with van der Waals surface area (Å²) in [6.45, 7) is 0. The Kier molecular flexibility index (Phi) is 2.50. The first kappa shape index (κ1) is 8.54. The van der Waals surface area contributed by atoms with Gasteiger partial charge in [0.1, 0.15) is 0 Å². The molecule has 0 saturated carbocycles. The van der Waals surface area contributed by atoms with E-state index in [0.717, 1.165) is 6.07 Å². The van der Waals surface area contributed by atoms with E-state index in [4.69, 9.17) is 0 Å². The van der Waals surface area contributed by atoms with Crippen LogP contribution in [-0.2, 0) is 6.16 Å². The molecule has 0 N–H and O–H groups in total. The lowest BCUT2D eigenvalue weighted by Gasteiger charge is -1.99. The van der Waals surface area contributed by atoms with E-state index in [1.165, 1.54) is 6.07 Å². The van der Waals surface area contributed by atoms with Crippen LogP contribution in [0.5, 0.6) is 0 Å². The Labute approximate surface area is 64.6 Å². The predicted octanol–water partition coefficient (Wildman–Crippen LogP) is 3.01. The molecule has 1 aromatic carbocycles. The van der Waals surface area contributed by atoms with Crippen LogP contribution in [-0.4, -0.2) is 0 Å². The first-order chi connectivity index (χ1) is 5.16. The van der Waals surface area contributed by atoms with E-state index in [2.05, 4.69) is 9.24 Å². The highest BCUT2D eigenvalue weighted by Crippen LogP contribution is 2.16. The molecule has 0 atom stereocenters. The molecule has 0 fully saturated rings. The monoisotopic (exact) mass is 176 g/mol. The van der Waals surface area contributed by atoms with Gasteiger partial charge in [-0.05, 0) is 20.9 Å². The molecule has 58 valence electrons. The minimum Gasteiger partial charge on any atom is -0.204 e. The van der Waals surface area contributed by atoms with Crippen LogP contribution in [0.4, 0.5) is 13.2 Å². The fourth-order valence-electron chi connectivity index (χ4n) is 0.688. The second kappa shape index (κ2) is 3.22. The zero-order valence-electron chi connectivity index (χ0n) is 5.44. The highest BCUT2D eigenvalue weighted by atomic mass is 31.0. The first-order valence-corrected chi connectivity index (χ1v) is 3.53. The Balaban J connectivity index is 3.25. The second-order valence-corrected chi connectivity index (χ2v) is 2.31. The van der Waals surface area contributed by atoms with Crippen LogP contribution in [0.2, 0.25) is 0 Å². The molecule has 0 aliphatic heterocycles. The van der Waals surface area contributed by atoms with Crippen LogP contribution in [0, 0.1) is 17.5 Å². The molecule has 4 heteroatoms. The molecular formula is C7H4F3P. The summed E-state index contributed by atoms with van der Waals surface area (Å²) < 4.78 is 37.2. The molecular weight excluding hydrogens is 172 g/mol. The quantitative estimate of drug-likeness (QED) is 0.455. The van der Waals surface area contributed by atoms with Crippen LogP contribution >= 0.6 is 9.24 Å². The van der Waals surface area contributed by atoms with Crippen molar-refractivity contribution >= 4 is 9.24 Å². The molecule has 0 spiro atoms. The van der Waals surface area contributed by atoms with Crippen molar-refractivity contribution in [1.29, 1.82) is 0 Å². The van der Waals surface area contributed by atoms with Crippen molar-refractivity contribution in [1.82, 2.24) is 0 Å². The van der Waals surface area contributed by atoms with Crippen molar-refractivity contribution in [3.05, 3.63) is 35.1 Å². The SMILES string of the molecule is Fc1ccc(C[P])c(F)c1F. The molecule has 0 aliphatic carbocycles. The van der Waals surface area contributed by atoms with Gasteiger partial charge >= 0.3 is 0 Å². The lowest BCUT2D eigenvalue weighted by molar-refractivity contribution is 0.443. The van der Waals surface area contributed by atoms with Gasteiger partial charge in [0.15, 0.2) is 17.5 Å². The molecule has 2 radical (unpaired) electrons. The van der Waals surface area contributed by atoms with Crippen molar-refractivity contribution in [3.63, 3.8) is 0 Å². The fourth-order valence-corrected chi connectivity index (χ4v) is 0.932. The summed E-state index contributed by atoms with van der Waals surface area (Å²) in [5.41, 5.74) is 0.0623. The molecule has 0 aliphatic rings. The van der Waals surface area contributed by atoms with Crippen molar-refractivity contribution in [2.45, 2.75) is 6.16 Å². The highest BCUT2D eigenvalue weighted by molar-refractivity contribution is 7.15. The summed E-state index contributed by atoms with van der Waals surface area (Å²) in [5, 5.41) is 0. The number of halogens is 3. The van der Waals surface area contributed by atoms with Gasteiger partial charge < -0.3 is 0 Å². The maximum atomic E-state index is 12.6. The minimum atomic E-state index is -1.43. The third-order valence-corrected chi connectivity index (χ3v) is 1.63. The summed E-state index contributed by atoms with van der Waals surface area (Å²) in [6, 6.07) is 2.05. The van der Waals surface area contributed by atoms with Gasteiger partial charge in [0, 0.05) is 6.16 Å². The molecule has 0 aromatic heterocycles. The van der Waals surface area contributed by atoms with Gasteiger partial charge in [-0.1, -0.05) is 6.07 Å². The Morgan fingerprint density at radius 2 is 1.73 bits per heavy atom. The van der Waals surface area contributed by atoms with Gasteiger partial charge in [-0.2, -0.15) is 0 Å². The van der Waals surface area contributed by atoms with E-state index < -0.39 is 17.5 Å². The van der Waals surface area contributed by atoms with Gasteiger partial charge in [-0.25, -0.2) is 13.2 Å². The molecule has 0 nitrogen and oxygen atoms in total. The van der Waals surface area contributed by atoms with Crippen molar-refractivity contribution in [3.8, 4) is 0 Å². The Hall–Kier alpha value is -0.560. The second-order valence-electron chi connectivity index (χ2n) is 1.99. The summed E-state index contributed by atoms with van der Waals surface area (Å²) >= 11 is 0. The van der Waals surface area contributed by atoms with Crippen LogP contribution < -0.4 is 0 Å². The summed E-state index contributed by atoms with van der Waals surface area (Å²) in [7, 11) is 3.73. The van der Waals surface area contributed by atoms with Crippen molar-refractivity contribution < 1.29 is 13.2 Å². The largest absolute Gasteiger partial charge is 0.204 e. The third kappa shape index (κ3) is 1.54. The highest BCUT2D eigenvalue weighted by Gasteiger charge is 2.11. The Bertz CT molecular complexity index is 273. The number of benzene rings is 1. The van der Waals surface area contributed by atoms with E-state index in [9.17, 15) is 13.2 Å². The van der Waals surface area contributed by atoms with E-state index in [1.807, 2.05) is 0 Å². The van der Waals surface area contributed by atoms with Gasteiger partial charge in [-0.3, -0.25) is 0 Å². The Morgan fingerprint density at radius 1 is 1.09 bits per heavy atom. The smallest absolute Gasteiger partial charge is 0.194 e. The zero-order chi connectivity index (χ0) is 8.43. The minimum absolute atomic E-state index is 0.0586. The third-order valence-electron chi connectivity index (χ3n) is 1.29. The van der Waals surface area contributed by atoms with Gasteiger partial charge in [0.25, 0.3) is 0 Å². The molecule has 0 heterocycles. The Morgan fingerprint density at radius 3 is 2.27 bits per heavy atom. The van der Waals surface area contributed by atoms with Crippen LogP contribution in [0.15, 0.2) is 12.1 Å². The number of rotatable bonds is 1. The molecule has 0 unspecified atom stereocenters. The van der Waals surface area contributed by atoms with E-state index in [0.29, 0.717) is 0 Å². The fraction of sp³-hybridized carbons (Fsp3) is 0.143. The summed E-state index contributed by atoms with van der Waals surface area (Å²) in [5.74, 6) is -3.76. The van der Waals surface area contributed by atoms with E-state index in [-0.39, 0.29) is 11.7 Å². The molecule has 11 heavy (non-hydrogen) atoms. The lowest BCUT2D eigenvalue weighted by atomic mass is 10.2.